The van der Waals surface area contributed by atoms with Gasteiger partial charge in [0.1, 0.15) is 16.3 Å². The number of nitrogens with two attached hydrogens (primary N) is 1. The van der Waals surface area contributed by atoms with Crippen LogP contribution in [0.3, 0.4) is 0 Å². The first-order valence-corrected chi connectivity index (χ1v) is 13.4. The van der Waals surface area contributed by atoms with Crippen LogP contribution in [-0.4, -0.2) is 32.5 Å². The van der Waals surface area contributed by atoms with Crippen LogP contribution in [0.5, 0.6) is 5.75 Å². The van der Waals surface area contributed by atoms with Gasteiger partial charge in [0.05, 0.1) is 22.9 Å². The van der Waals surface area contributed by atoms with Crippen molar-refractivity contribution < 1.29 is 30.7 Å². The van der Waals surface area contributed by atoms with E-state index in [2.05, 4.69) is 10.2 Å². The Morgan fingerprint density at radius 1 is 0.833 bits per heavy atom. The van der Waals surface area contributed by atoms with Crippen molar-refractivity contribution in [3.8, 4) is 16.9 Å². The van der Waals surface area contributed by atoms with Gasteiger partial charge in [-0.15, -0.1) is 5.11 Å². The summed E-state index contributed by atoms with van der Waals surface area (Å²) in [7, 11) is -8.91. The summed E-state index contributed by atoms with van der Waals surface area (Å²) in [4.78, 5) is -0.639. The molecule has 0 radical (unpaired) electrons. The second-order valence-corrected chi connectivity index (χ2v) is 10.5. The van der Waals surface area contributed by atoms with E-state index in [4.69, 9.17) is 10.5 Å². The van der Waals surface area contributed by atoms with Crippen molar-refractivity contribution in [3.63, 3.8) is 0 Å². The zero-order valence-electron chi connectivity index (χ0n) is 18.9. The molecule has 4 N–H and O–H groups in total. The number of hydrogen-bond acceptors (Lipinski definition) is 8. The van der Waals surface area contributed by atoms with E-state index < -0.39 is 20.2 Å². The van der Waals surface area contributed by atoms with Gasteiger partial charge in [-0.3, -0.25) is 9.11 Å². The summed E-state index contributed by atoms with van der Waals surface area (Å²) in [5, 5.41) is 9.02. The van der Waals surface area contributed by atoms with Crippen LogP contribution in [0.1, 0.15) is 6.92 Å². The minimum atomic E-state index is -4.46. The molecule has 0 aromatic heterocycles. The average molecular weight is 528 g/mol. The van der Waals surface area contributed by atoms with E-state index >= 15 is 0 Å². The molecular weight excluding hydrogens is 506 g/mol. The van der Waals surface area contributed by atoms with Crippen LogP contribution in [0.2, 0.25) is 0 Å². The van der Waals surface area contributed by atoms with Crippen LogP contribution < -0.4 is 10.5 Å². The predicted molar refractivity (Wildman–Crippen MR) is 135 cm³/mol. The molecule has 10 nitrogen and oxygen atoms in total. The van der Waals surface area contributed by atoms with Crippen molar-refractivity contribution in [2.75, 3.05) is 12.3 Å². The third kappa shape index (κ3) is 5.21. The van der Waals surface area contributed by atoms with Gasteiger partial charge >= 0.3 is 0 Å². The molecule has 36 heavy (non-hydrogen) atoms. The SMILES string of the molecule is CCOc1cc(-c2ccc(N=Nc3ccccc3S(=O)(=O)O)cc2)c2cc(S(=O)(=O)O)ccc2c1N. The molecule has 0 aliphatic rings. The molecule has 0 aliphatic carbocycles. The highest BCUT2D eigenvalue weighted by atomic mass is 32.2. The van der Waals surface area contributed by atoms with E-state index in [1.165, 1.54) is 36.4 Å². The van der Waals surface area contributed by atoms with E-state index in [-0.39, 0.29) is 15.5 Å². The van der Waals surface area contributed by atoms with Gasteiger partial charge in [-0.05, 0) is 65.9 Å². The molecule has 0 heterocycles. The highest BCUT2D eigenvalue weighted by Gasteiger charge is 2.17. The molecule has 186 valence electrons. The van der Waals surface area contributed by atoms with Gasteiger partial charge in [-0.25, -0.2) is 0 Å². The highest BCUT2D eigenvalue weighted by Crippen LogP contribution is 2.40. The molecule has 12 heteroatoms. The van der Waals surface area contributed by atoms with Gasteiger partial charge in [0.15, 0.2) is 0 Å². The minimum absolute atomic E-state index is 0.0206. The van der Waals surface area contributed by atoms with E-state index in [0.29, 0.717) is 45.6 Å². The van der Waals surface area contributed by atoms with Crippen molar-refractivity contribution in [1.82, 2.24) is 0 Å². The fraction of sp³-hybridized carbons (Fsp3) is 0.0833. The number of azo groups is 1. The second-order valence-electron chi connectivity index (χ2n) is 7.64. The van der Waals surface area contributed by atoms with Crippen molar-refractivity contribution in [2.45, 2.75) is 16.7 Å². The Labute approximate surface area is 207 Å². The smallest absolute Gasteiger partial charge is 0.296 e. The quantitative estimate of drug-likeness (QED) is 0.163. The third-order valence-corrected chi connectivity index (χ3v) is 7.06. The fourth-order valence-corrected chi connectivity index (χ4v) is 4.78. The summed E-state index contributed by atoms with van der Waals surface area (Å²) >= 11 is 0. The van der Waals surface area contributed by atoms with Crippen LogP contribution in [0.15, 0.2) is 92.8 Å². The summed E-state index contributed by atoms with van der Waals surface area (Å²) in [6.45, 7) is 2.17. The Bertz CT molecular complexity index is 1700. The lowest BCUT2D eigenvalue weighted by molar-refractivity contribution is 0.342. The Morgan fingerprint density at radius 2 is 1.53 bits per heavy atom. The molecule has 0 saturated carbocycles. The zero-order valence-corrected chi connectivity index (χ0v) is 20.5. The van der Waals surface area contributed by atoms with Gasteiger partial charge in [0.2, 0.25) is 0 Å². The molecule has 0 bridgehead atoms. The molecule has 0 amide bonds. The summed E-state index contributed by atoms with van der Waals surface area (Å²) in [5.74, 6) is 0.421. The number of fused-ring (bicyclic) bond motifs is 1. The number of nitrogens with zero attached hydrogens (tertiary/aromatic N) is 2. The van der Waals surface area contributed by atoms with Gasteiger partial charge in [-0.1, -0.05) is 30.3 Å². The summed E-state index contributed by atoms with van der Waals surface area (Å²) in [6.07, 6.45) is 0. The van der Waals surface area contributed by atoms with Crippen molar-refractivity contribution >= 4 is 48.1 Å². The highest BCUT2D eigenvalue weighted by molar-refractivity contribution is 7.86. The molecule has 4 aromatic carbocycles. The van der Waals surface area contributed by atoms with Crippen molar-refractivity contribution in [3.05, 3.63) is 72.8 Å². The normalized spacial score (nSPS) is 12.3. The standard InChI is InChI=1S/C24H21N3O7S2/c1-2-34-22-14-19(20-13-17(35(28,29)30)11-12-18(20)24(22)25)15-7-9-16(10-8-15)26-27-21-5-3-4-6-23(21)36(31,32)33/h3-14H,2,25H2,1H3,(H,28,29,30)(H,31,32,33). The Morgan fingerprint density at radius 3 is 2.17 bits per heavy atom. The fourth-order valence-electron chi connectivity index (χ4n) is 3.65. The Balaban J connectivity index is 1.79. The van der Waals surface area contributed by atoms with Crippen LogP contribution in [0.4, 0.5) is 17.1 Å². The third-order valence-electron chi connectivity index (χ3n) is 5.30. The summed E-state index contributed by atoms with van der Waals surface area (Å²) < 4.78 is 71.1. The maximum absolute atomic E-state index is 11.7. The topological polar surface area (TPSA) is 169 Å². The monoisotopic (exact) mass is 527 g/mol. The second kappa shape index (κ2) is 9.66. The summed E-state index contributed by atoms with van der Waals surface area (Å²) in [5.41, 5.74) is 8.23. The van der Waals surface area contributed by atoms with E-state index in [1.54, 1.807) is 36.4 Å². The molecule has 0 aliphatic heterocycles. The van der Waals surface area contributed by atoms with E-state index in [1.807, 2.05) is 6.92 Å². The zero-order chi connectivity index (χ0) is 26.1. The Kier molecular flexibility index (Phi) is 6.78. The lowest BCUT2D eigenvalue weighted by Crippen LogP contribution is -2.01. The van der Waals surface area contributed by atoms with Gasteiger partial charge < -0.3 is 10.5 Å². The lowest BCUT2D eigenvalue weighted by atomic mass is 9.96. The molecule has 0 atom stereocenters. The maximum Gasteiger partial charge on any atom is 0.296 e. The predicted octanol–water partition coefficient (Wildman–Crippen LogP) is 5.40. The molecule has 0 spiro atoms. The van der Waals surface area contributed by atoms with Crippen molar-refractivity contribution in [1.29, 1.82) is 0 Å². The van der Waals surface area contributed by atoms with Gasteiger partial charge in [0, 0.05) is 5.39 Å². The minimum Gasteiger partial charge on any atom is -0.492 e. The summed E-state index contributed by atoms with van der Waals surface area (Å²) in [6, 6.07) is 18.1. The number of hydrogen-bond donors (Lipinski definition) is 3. The van der Waals surface area contributed by atoms with Crippen LogP contribution >= 0.6 is 0 Å². The number of ether oxygens (including phenoxy) is 1. The number of anilines is 1. The Hall–Kier alpha value is -3.84. The lowest BCUT2D eigenvalue weighted by Gasteiger charge is -2.15. The largest absolute Gasteiger partial charge is 0.492 e. The van der Waals surface area contributed by atoms with Gasteiger partial charge in [0.25, 0.3) is 20.2 Å². The molecule has 4 aromatic rings. The van der Waals surface area contributed by atoms with E-state index in [9.17, 15) is 25.9 Å². The van der Waals surface area contributed by atoms with E-state index in [0.717, 1.165) is 0 Å². The first kappa shape index (κ1) is 25.3. The van der Waals surface area contributed by atoms with Crippen LogP contribution in [0.25, 0.3) is 21.9 Å². The molecule has 0 unspecified atom stereocenters. The maximum atomic E-state index is 11.7. The molecule has 0 fully saturated rings. The number of rotatable bonds is 7. The average Bonchev–Trinajstić information content (AvgIpc) is 2.84. The van der Waals surface area contributed by atoms with Crippen LogP contribution in [-0.2, 0) is 20.2 Å². The first-order chi connectivity index (χ1) is 17.0. The first-order valence-electron chi connectivity index (χ1n) is 10.5. The van der Waals surface area contributed by atoms with Crippen molar-refractivity contribution in [2.24, 2.45) is 10.2 Å². The van der Waals surface area contributed by atoms with Gasteiger partial charge in [-0.2, -0.15) is 21.9 Å². The molecule has 4 rings (SSSR count). The molecular formula is C24H21N3O7S2. The number of nitrogen functional groups attached to an aromatic ring is 1. The molecule has 0 saturated heterocycles. The number of benzene rings is 4. The van der Waals surface area contributed by atoms with Crippen LogP contribution in [0, 0.1) is 0 Å².